The second-order valence-electron chi connectivity index (χ2n) is 4.69. The fourth-order valence-electron chi connectivity index (χ4n) is 1.83. The third-order valence-electron chi connectivity index (χ3n) is 2.87. The van der Waals surface area contributed by atoms with Crippen LogP contribution in [0.25, 0.3) is 0 Å². The molecule has 0 aliphatic carbocycles. The van der Waals surface area contributed by atoms with Gasteiger partial charge in [-0.15, -0.1) is 0 Å². The molecule has 0 aliphatic heterocycles. The largest absolute Gasteiger partial charge is 0.479 e. The fraction of sp³-hybridized carbons (Fsp3) is 0.267. The molecule has 0 fully saturated rings. The zero-order valence-corrected chi connectivity index (χ0v) is 13.3. The number of methoxy groups -OCH3 is 1. The number of aromatic nitrogens is 1. The lowest BCUT2D eigenvalue weighted by atomic mass is 10.0. The summed E-state index contributed by atoms with van der Waals surface area (Å²) in [4.78, 5) is 4.23. The Morgan fingerprint density at radius 2 is 1.95 bits per heavy atom. The molecule has 5 heteroatoms. The third-order valence-corrected chi connectivity index (χ3v) is 3.36. The Hall–Kier alpha value is -1.75. The number of ether oxygens (including phenoxy) is 2. The molecule has 0 amide bonds. The first-order valence-electron chi connectivity index (χ1n) is 6.29. The molecule has 2 rings (SSSR count). The summed E-state index contributed by atoms with van der Waals surface area (Å²) in [5.74, 6) is 1.95. The lowest BCUT2D eigenvalue weighted by Crippen LogP contribution is -1.99. The van der Waals surface area contributed by atoms with Gasteiger partial charge in [0.05, 0.1) is 12.8 Å². The summed E-state index contributed by atoms with van der Waals surface area (Å²) in [7, 11) is 1.53. The first-order chi connectivity index (χ1) is 9.51. The topological polar surface area (TPSA) is 57.4 Å². The van der Waals surface area contributed by atoms with E-state index in [1.54, 1.807) is 12.1 Å². The Kier molecular flexibility index (Phi) is 4.49. The minimum atomic E-state index is 0.346. The summed E-state index contributed by atoms with van der Waals surface area (Å²) in [5.41, 5.74) is 7.34. The molecule has 2 aromatic rings. The first-order valence-corrected chi connectivity index (χ1v) is 7.08. The van der Waals surface area contributed by atoms with Crippen LogP contribution in [0, 0.1) is 0 Å². The van der Waals surface area contributed by atoms with Crippen LogP contribution in [0.3, 0.4) is 0 Å². The zero-order valence-electron chi connectivity index (χ0n) is 11.7. The van der Waals surface area contributed by atoms with Crippen LogP contribution in [0.1, 0.15) is 25.3 Å². The molecule has 0 saturated heterocycles. The molecule has 20 heavy (non-hydrogen) atoms. The maximum atomic E-state index is 5.86. The van der Waals surface area contributed by atoms with Gasteiger partial charge in [0.15, 0.2) is 0 Å². The van der Waals surface area contributed by atoms with Gasteiger partial charge in [0, 0.05) is 10.5 Å². The standard InChI is InChI=1S/C15H17BrN2O2/c1-9(2)11-8-10(16)4-6-13(11)20-14-7-5-12(17)15(18-14)19-3/h4-9H,17H2,1-3H3. The van der Waals surface area contributed by atoms with Gasteiger partial charge in [0.25, 0.3) is 0 Å². The number of nitrogen functional groups attached to an aromatic ring is 1. The van der Waals surface area contributed by atoms with Crippen LogP contribution in [0.5, 0.6) is 17.5 Å². The van der Waals surface area contributed by atoms with Gasteiger partial charge in [-0.1, -0.05) is 29.8 Å². The van der Waals surface area contributed by atoms with Crippen molar-refractivity contribution >= 4 is 21.6 Å². The molecule has 1 aromatic heterocycles. The van der Waals surface area contributed by atoms with Crippen molar-refractivity contribution in [2.45, 2.75) is 19.8 Å². The van der Waals surface area contributed by atoms with Crippen molar-refractivity contribution in [2.24, 2.45) is 0 Å². The molecule has 106 valence electrons. The van der Waals surface area contributed by atoms with E-state index in [1.165, 1.54) is 7.11 Å². The highest BCUT2D eigenvalue weighted by molar-refractivity contribution is 9.10. The number of hydrogen-bond donors (Lipinski definition) is 1. The van der Waals surface area contributed by atoms with Crippen LogP contribution in [-0.2, 0) is 0 Å². The molecule has 0 radical (unpaired) electrons. The molecule has 2 N–H and O–H groups in total. The molecular weight excluding hydrogens is 320 g/mol. The van der Waals surface area contributed by atoms with E-state index in [1.807, 2.05) is 12.1 Å². The van der Waals surface area contributed by atoms with E-state index in [0.29, 0.717) is 23.4 Å². The first kappa shape index (κ1) is 14.7. The van der Waals surface area contributed by atoms with Crippen molar-refractivity contribution in [3.8, 4) is 17.5 Å². The number of hydrogen-bond acceptors (Lipinski definition) is 4. The molecule has 0 atom stereocenters. The summed E-state index contributed by atoms with van der Waals surface area (Å²) in [6.07, 6.45) is 0. The van der Waals surface area contributed by atoms with Gasteiger partial charge in [-0.05, 0) is 35.7 Å². The number of pyridine rings is 1. The zero-order chi connectivity index (χ0) is 14.7. The molecular formula is C15H17BrN2O2. The van der Waals surface area contributed by atoms with Crippen LogP contribution in [-0.4, -0.2) is 12.1 Å². The smallest absolute Gasteiger partial charge is 0.240 e. The fourth-order valence-corrected chi connectivity index (χ4v) is 2.21. The average Bonchev–Trinajstić information content (AvgIpc) is 2.42. The van der Waals surface area contributed by atoms with Crippen molar-refractivity contribution in [1.29, 1.82) is 0 Å². The summed E-state index contributed by atoms with van der Waals surface area (Å²) in [6.45, 7) is 4.23. The monoisotopic (exact) mass is 336 g/mol. The Bertz CT molecular complexity index is 615. The van der Waals surface area contributed by atoms with Gasteiger partial charge < -0.3 is 15.2 Å². The van der Waals surface area contributed by atoms with Crippen LogP contribution in [0.15, 0.2) is 34.8 Å². The van der Waals surface area contributed by atoms with Gasteiger partial charge in [0.1, 0.15) is 5.75 Å². The molecule has 1 heterocycles. The van der Waals surface area contributed by atoms with Crippen molar-refractivity contribution in [1.82, 2.24) is 4.98 Å². The Morgan fingerprint density at radius 3 is 2.60 bits per heavy atom. The van der Waals surface area contributed by atoms with Gasteiger partial charge in [-0.3, -0.25) is 0 Å². The predicted octanol–water partition coefficient (Wildman–Crippen LogP) is 4.35. The summed E-state index contributed by atoms with van der Waals surface area (Å²) < 4.78 is 12.0. The highest BCUT2D eigenvalue weighted by Gasteiger charge is 2.11. The molecule has 0 bridgehead atoms. The van der Waals surface area contributed by atoms with E-state index in [2.05, 4.69) is 40.8 Å². The van der Waals surface area contributed by atoms with E-state index >= 15 is 0 Å². The number of anilines is 1. The highest BCUT2D eigenvalue weighted by atomic mass is 79.9. The van der Waals surface area contributed by atoms with Gasteiger partial charge in [-0.2, -0.15) is 4.98 Å². The Balaban J connectivity index is 2.34. The Morgan fingerprint density at radius 1 is 1.20 bits per heavy atom. The predicted molar refractivity (Wildman–Crippen MR) is 83.5 cm³/mol. The highest BCUT2D eigenvalue weighted by Crippen LogP contribution is 2.33. The lowest BCUT2D eigenvalue weighted by Gasteiger charge is -2.14. The molecule has 1 aromatic carbocycles. The van der Waals surface area contributed by atoms with Crippen molar-refractivity contribution < 1.29 is 9.47 Å². The van der Waals surface area contributed by atoms with Gasteiger partial charge in [-0.25, -0.2) is 0 Å². The third kappa shape index (κ3) is 3.22. The van der Waals surface area contributed by atoms with Crippen LogP contribution < -0.4 is 15.2 Å². The van der Waals surface area contributed by atoms with E-state index in [-0.39, 0.29) is 0 Å². The number of benzene rings is 1. The second-order valence-corrected chi connectivity index (χ2v) is 5.60. The van der Waals surface area contributed by atoms with Gasteiger partial charge in [0.2, 0.25) is 11.8 Å². The van der Waals surface area contributed by atoms with Crippen LogP contribution in [0.4, 0.5) is 5.69 Å². The molecule has 0 unspecified atom stereocenters. The normalized spacial score (nSPS) is 10.7. The molecule has 0 aliphatic rings. The minimum absolute atomic E-state index is 0.346. The average molecular weight is 337 g/mol. The van der Waals surface area contributed by atoms with Gasteiger partial charge >= 0.3 is 0 Å². The summed E-state index contributed by atoms with van der Waals surface area (Å²) in [5, 5.41) is 0. The summed E-state index contributed by atoms with van der Waals surface area (Å²) in [6, 6.07) is 9.35. The quantitative estimate of drug-likeness (QED) is 0.901. The van der Waals surface area contributed by atoms with E-state index in [4.69, 9.17) is 15.2 Å². The minimum Gasteiger partial charge on any atom is -0.479 e. The van der Waals surface area contributed by atoms with E-state index < -0.39 is 0 Å². The van der Waals surface area contributed by atoms with E-state index in [9.17, 15) is 0 Å². The lowest BCUT2D eigenvalue weighted by molar-refractivity contribution is 0.384. The van der Waals surface area contributed by atoms with Crippen molar-refractivity contribution in [3.63, 3.8) is 0 Å². The number of rotatable bonds is 4. The molecule has 0 saturated carbocycles. The number of nitrogens with two attached hydrogens (primary N) is 1. The maximum absolute atomic E-state index is 5.86. The SMILES string of the molecule is COc1nc(Oc2ccc(Br)cc2C(C)C)ccc1N. The van der Waals surface area contributed by atoms with E-state index in [0.717, 1.165) is 15.8 Å². The Labute approximate surface area is 127 Å². The number of nitrogens with zero attached hydrogens (tertiary/aromatic N) is 1. The molecule has 4 nitrogen and oxygen atoms in total. The van der Waals surface area contributed by atoms with Crippen LogP contribution >= 0.6 is 15.9 Å². The van der Waals surface area contributed by atoms with Crippen molar-refractivity contribution in [2.75, 3.05) is 12.8 Å². The number of halogens is 1. The van der Waals surface area contributed by atoms with Crippen LogP contribution in [0.2, 0.25) is 0 Å². The second kappa shape index (κ2) is 6.13. The maximum Gasteiger partial charge on any atom is 0.240 e. The molecule has 0 spiro atoms. The van der Waals surface area contributed by atoms with Crippen molar-refractivity contribution in [3.05, 3.63) is 40.4 Å². The summed E-state index contributed by atoms with van der Waals surface area (Å²) >= 11 is 3.47.